The molecule has 0 saturated heterocycles. The summed E-state index contributed by atoms with van der Waals surface area (Å²) in [4.78, 5) is 10.3. The third-order valence-electron chi connectivity index (χ3n) is 1.37. The van der Waals surface area contributed by atoms with Crippen molar-refractivity contribution >= 4 is 17.9 Å². The van der Waals surface area contributed by atoms with Crippen LogP contribution >= 0.6 is 11.6 Å². The monoisotopic (exact) mass is 188 g/mol. The summed E-state index contributed by atoms with van der Waals surface area (Å²) >= 11 is 5.46. The van der Waals surface area contributed by atoms with Crippen LogP contribution in [0.4, 0.5) is 4.39 Å². The largest absolute Gasteiger partial charge is 0.494 e. The molecule has 0 saturated carbocycles. The van der Waals surface area contributed by atoms with Gasteiger partial charge in [-0.2, -0.15) is 0 Å². The maximum Gasteiger partial charge on any atom is 0.183 e. The molecule has 0 aliphatic rings. The summed E-state index contributed by atoms with van der Waals surface area (Å²) in [5.74, 6) is -0.672. The van der Waals surface area contributed by atoms with Gasteiger partial charge in [0.1, 0.15) is 6.29 Å². The van der Waals surface area contributed by atoms with Gasteiger partial charge in [0.2, 0.25) is 0 Å². The number of halogens is 2. The van der Waals surface area contributed by atoms with Gasteiger partial charge in [-0.3, -0.25) is 4.79 Å². The van der Waals surface area contributed by atoms with Crippen molar-refractivity contribution in [3.8, 4) is 5.75 Å². The molecule has 0 aliphatic heterocycles. The van der Waals surface area contributed by atoms with Crippen LogP contribution in [0.25, 0.3) is 0 Å². The Labute approximate surface area is 73.9 Å². The first-order chi connectivity index (χ1) is 5.69. The van der Waals surface area contributed by atoms with Crippen molar-refractivity contribution in [3.05, 3.63) is 28.5 Å². The van der Waals surface area contributed by atoms with Crippen molar-refractivity contribution in [1.82, 2.24) is 0 Å². The molecule has 64 valence electrons. The molecule has 0 radical (unpaired) electrons. The van der Waals surface area contributed by atoms with E-state index in [1.807, 2.05) is 0 Å². The van der Waals surface area contributed by atoms with E-state index in [1.54, 1.807) is 0 Å². The van der Waals surface area contributed by atoms with E-state index in [0.29, 0.717) is 11.8 Å². The molecule has 2 nitrogen and oxygen atoms in total. The molecule has 1 aromatic carbocycles. The summed E-state index contributed by atoms with van der Waals surface area (Å²) in [6.45, 7) is 0. The van der Waals surface area contributed by atoms with Crippen molar-refractivity contribution in [3.63, 3.8) is 0 Å². The van der Waals surface area contributed by atoms with Crippen LogP contribution in [-0.4, -0.2) is 13.4 Å². The molecule has 0 unspecified atom stereocenters. The maximum atomic E-state index is 12.9. The Morgan fingerprint density at radius 3 is 2.75 bits per heavy atom. The third kappa shape index (κ3) is 1.56. The lowest BCUT2D eigenvalue weighted by atomic mass is 10.2. The van der Waals surface area contributed by atoms with Crippen LogP contribution in [0.3, 0.4) is 0 Å². The number of rotatable bonds is 2. The number of ether oxygens (including phenoxy) is 1. The number of carbonyl (C=O) groups excluding carboxylic acids is 1. The van der Waals surface area contributed by atoms with E-state index in [4.69, 9.17) is 11.6 Å². The van der Waals surface area contributed by atoms with Crippen molar-refractivity contribution in [1.29, 1.82) is 0 Å². The normalized spacial score (nSPS) is 9.58. The second-order valence-corrected chi connectivity index (χ2v) is 2.54. The first-order valence-corrected chi connectivity index (χ1v) is 3.55. The molecule has 4 heteroatoms. The Kier molecular flexibility index (Phi) is 2.65. The second kappa shape index (κ2) is 3.54. The lowest BCUT2D eigenvalue weighted by Crippen LogP contribution is -1.91. The summed E-state index contributed by atoms with van der Waals surface area (Å²) in [5.41, 5.74) is 0.290. The Balaban J connectivity index is 3.28. The lowest BCUT2D eigenvalue weighted by Gasteiger charge is -2.03. The van der Waals surface area contributed by atoms with Crippen LogP contribution in [0.2, 0.25) is 5.02 Å². The first kappa shape index (κ1) is 9.00. The summed E-state index contributed by atoms with van der Waals surface area (Å²) < 4.78 is 17.6. The minimum Gasteiger partial charge on any atom is -0.494 e. The predicted molar refractivity (Wildman–Crippen MR) is 43.3 cm³/mol. The molecule has 0 N–H and O–H groups in total. The zero-order valence-electron chi connectivity index (χ0n) is 6.30. The van der Waals surface area contributed by atoms with Crippen molar-refractivity contribution in [2.75, 3.05) is 7.11 Å². The fourth-order valence-corrected chi connectivity index (χ4v) is 1.02. The van der Waals surface area contributed by atoms with Crippen LogP contribution in [0.5, 0.6) is 5.75 Å². The highest BCUT2D eigenvalue weighted by molar-refractivity contribution is 6.31. The Morgan fingerprint density at radius 1 is 1.58 bits per heavy atom. The van der Waals surface area contributed by atoms with Crippen LogP contribution < -0.4 is 4.74 Å². The van der Waals surface area contributed by atoms with Crippen LogP contribution in [-0.2, 0) is 0 Å². The molecule has 0 aliphatic carbocycles. The third-order valence-corrected chi connectivity index (χ3v) is 1.65. The van der Waals surface area contributed by atoms with E-state index < -0.39 is 5.82 Å². The van der Waals surface area contributed by atoms with Crippen LogP contribution in [0.15, 0.2) is 12.1 Å². The fraction of sp³-hybridized carbons (Fsp3) is 0.125. The summed E-state index contributed by atoms with van der Waals surface area (Å²) in [7, 11) is 1.31. The molecule has 0 atom stereocenters. The highest BCUT2D eigenvalue weighted by Gasteiger charge is 2.08. The molecular formula is C8H6ClFO2. The smallest absolute Gasteiger partial charge is 0.183 e. The number of hydrogen-bond acceptors (Lipinski definition) is 2. The van der Waals surface area contributed by atoms with Gasteiger partial charge in [0.25, 0.3) is 0 Å². The zero-order valence-corrected chi connectivity index (χ0v) is 7.06. The summed E-state index contributed by atoms with van der Waals surface area (Å²) in [5, 5.41) is -0.114. The number of benzene rings is 1. The quantitative estimate of drug-likeness (QED) is 0.666. The highest BCUT2D eigenvalue weighted by Crippen LogP contribution is 2.25. The minimum absolute atomic E-state index is 0.0235. The maximum absolute atomic E-state index is 12.9. The van der Waals surface area contributed by atoms with Crippen molar-refractivity contribution in [2.45, 2.75) is 0 Å². The second-order valence-electron chi connectivity index (χ2n) is 2.14. The Morgan fingerprint density at radius 2 is 2.25 bits per heavy atom. The van der Waals surface area contributed by atoms with Gasteiger partial charge in [0, 0.05) is 5.56 Å². The van der Waals surface area contributed by atoms with E-state index in [0.717, 1.165) is 0 Å². The first-order valence-electron chi connectivity index (χ1n) is 3.17. The molecule has 0 heterocycles. The van der Waals surface area contributed by atoms with Gasteiger partial charge in [-0.05, 0) is 12.1 Å². The molecule has 0 spiro atoms. The molecule has 12 heavy (non-hydrogen) atoms. The zero-order chi connectivity index (χ0) is 9.14. The molecule has 0 bridgehead atoms. The van der Waals surface area contributed by atoms with Gasteiger partial charge in [0.15, 0.2) is 11.6 Å². The van der Waals surface area contributed by atoms with Gasteiger partial charge < -0.3 is 4.74 Å². The molecular weight excluding hydrogens is 183 g/mol. The molecule has 1 rings (SSSR count). The molecule has 1 aromatic rings. The topological polar surface area (TPSA) is 26.3 Å². The average molecular weight is 189 g/mol. The highest BCUT2D eigenvalue weighted by atomic mass is 35.5. The van der Waals surface area contributed by atoms with E-state index in [1.165, 1.54) is 19.2 Å². The summed E-state index contributed by atoms with van der Waals surface area (Å²) in [6.07, 6.45) is 0.577. The van der Waals surface area contributed by atoms with E-state index in [9.17, 15) is 9.18 Å². The number of aldehydes is 1. The van der Waals surface area contributed by atoms with Gasteiger partial charge >= 0.3 is 0 Å². The Bertz CT molecular complexity index is 312. The average Bonchev–Trinajstić information content (AvgIpc) is 2.09. The van der Waals surface area contributed by atoms with Crippen molar-refractivity contribution < 1.29 is 13.9 Å². The van der Waals surface area contributed by atoms with Crippen molar-refractivity contribution in [2.24, 2.45) is 0 Å². The summed E-state index contributed by atoms with van der Waals surface area (Å²) in [6, 6.07) is 2.53. The van der Waals surface area contributed by atoms with Crippen LogP contribution in [0, 0.1) is 5.82 Å². The lowest BCUT2D eigenvalue weighted by molar-refractivity contribution is 0.112. The number of hydrogen-bond donors (Lipinski definition) is 0. The SMILES string of the molecule is COc1cc(C=O)cc(Cl)c1F. The Hall–Kier alpha value is -1.09. The number of methoxy groups -OCH3 is 1. The van der Waals surface area contributed by atoms with Gasteiger partial charge in [-0.25, -0.2) is 4.39 Å². The van der Waals surface area contributed by atoms with Crippen LogP contribution in [0.1, 0.15) is 10.4 Å². The number of carbonyl (C=O) groups is 1. The van der Waals surface area contributed by atoms with E-state index in [-0.39, 0.29) is 10.8 Å². The van der Waals surface area contributed by atoms with E-state index in [2.05, 4.69) is 4.74 Å². The standard InChI is InChI=1S/C8H6ClFO2/c1-12-7-3-5(4-11)2-6(9)8(7)10/h2-4H,1H3. The molecule has 0 fully saturated rings. The van der Waals surface area contributed by atoms with Gasteiger partial charge in [0.05, 0.1) is 12.1 Å². The molecule has 0 amide bonds. The fourth-order valence-electron chi connectivity index (χ4n) is 0.800. The predicted octanol–water partition coefficient (Wildman–Crippen LogP) is 2.30. The molecule has 0 aromatic heterocycles. The minimum atomic E-state index is -0.648. The van der Waals surface area contributed by atoms with Gasteiger partial charge in [-0.15, -0.1) is 0 Å². The van der Waals surface area contributed by atoms with Gasteiger partial charge in [-0.1, -0.05) is 11.6 Å². The van der Waals surface area contributed by atoms with E-state index >= 15 is 0 Å².